The van der Waals surface area contributed by atoms with Gasteiger partial charge in [0.15, 0.2) is 0 Å². The van der Waals surface area contributed by atoms with Crippen LogP contribution in [-0.2, 0) is 16.4 Å². The first-order valence-electron chi connectivity index (χ1n) is 10.6. The largest absolute Gasteiger partial charge is 0.404 e. The molecule has 1 N–H and O–H groups in total. The zero-order valence-corrected chi connectivity index (χ0v) is 19.7. The van der Waals surface area contributed by atoms with Gasteiger partial charge in [-0.1, -0.05) is 6.92 Å². The van der Waals surface area contributed by atoms with Crippen molar-refractivity contribution in [3.05, 3.63) is 65.9 Å². The molecule has 13 heteroatoms. The highest BCUT2D eigenvalue weighted by Crippen LogP contribution is 2.34. The van der Waals surface area contributed by atoms with E-state index >= 15 is 0 Å². The van der Waals surface area contributed by atoms with E-state index < -0.39 is 33.0 Å². The SMILES string of the molecule is CCc1cnc2c(c1)c(C#N)c(-c1ccc(S(=O)(=O)NC(C)C(F)(F)F)cn1)n2-c1ccc(F)cn1. The molecule has 0 aromatic carbocycles. The number of alkyl halides is 3. The first-order valence-corrected chi connectivity index (χ1v) is 12.1. The van der Waals surface area contributed by atoms with Crippen molar-refractivity contribution in [3.63, 3.8) is 0 Å². The van der Waals surface area contributed by atoms with Gasteiger partial charge in [-0.2, -0.15) is 23.2 Å². The van der Waals surface area contributed by atoms with Gasteiger partial charge in [-0.15, -0.1) is 0 Å². The Balaban J connectivity index is 1.89. The van der Waals surface area contributed by atoms with Gasteiger partial charge in [0.25, 0.3) is 0 Å². The van der Waals surface area contributed by atoms with E-state index in [0.29, 0.717) is 24.4 Å². The number of hydrogen-bond acceptors (Lipinski definition) is 6. The van der Waals surface area contributed by atoms with Crippen molar-refractivity contribution in [2.45, 2.75) is 37.4 Å². The Hall–Kier alpha value is -3.89. The second-order valence-electron chi connectivity index (χ2n) is 7.84. The summed E-state index contributed by atoms with van der Waals surface area (Å²) >= 11 is 0. The summed E-state index contributed by atoms with van der Waals surface area (Å²) in [6, 6.07) is 6.51. The molecule has 4 aromatic rings. The van der Waals surface area contributed by atoms with Crippen LogP contribution in [-0.4, -0.2) is 40.2 Å². The highest BCUT2D eigenvalue weighted by atomic mass is 32.2. The lowest BCUT2D eigenvalue weighted by atomic mass is 10.1. The molecular formula is C23H18F4N6O2S. The quantitative estimate of drug-likeness (QED) is 0.381. The van der Waals surface area contributed by atoms with Gasteiger partial charge in [-0.25, -0.2) is 22.8 Å². The summed E-state index contributed by atoms with van der Waals surface area (Å²) in [7, 11) is -4.53. The third kappa shape index (κ3) is 4.65. The van der Waals surface area contributed by atoms with Gasteiger partial charge in [-0.3, -0.25) is 9.55 Å². The van der Waals surface area contributed by atoms with Crippen LogP contribution in [0.25, 0.3) is 28.2 Å². The lowest BCUT2D eigenvalue weighted by Crippen LogP contribution is -2.42. The molecule has 0 aliphatic rings. The van der Waals surface area contributed by atoms with Crippen molar-refractivity contribution >= 4 is 21.1 Å². The third-order valence-corrected chi connectivity index (χ3v) is 6.96. The number of nitrogens with one attached hydrogen (secondary N) is 1. The minimum atomic E-state index is -4.77. The van der Waals surface area contributed by atoms with E-state index in [-0.39, 0.29) is 22.8 Å². The van der Waals surface area contributed by atoms with E-state index in [9.17, 15) is 31.2 Å². The molecule has 0 aliphatic carbocycles. The molecule has 4 aromatic heterocycles. The number of nitriles is 1. The Morgan fingerprint density at radius 3 is 2.42 bits per heavy atom. The molecule has 186 valence electrons. The summed E-state index contributed by atoms with van der Waals surface area (Å²) in [5, 5.41) is 10.5. The average Bonchev–Trinajstić information content (AvgIpc) is 3.17. The summed E-state index contributed by atoms with van der Waals surface area (Å²) < 4.78 is 80.0. The van der Waals surface area contributed by atoms with E-state index in [4.69, 9.17) is 0 Å². The van der Waals surface area contributed by atoms with Gasteiger partial charge in [0, 0.05) is 17.8 Å². The standard InChI is InChI=1S/C23H18F4N6O2S/c1-3-14-8-17-18(9-28)21(33(22(17)31-10-14)20-7-4-15(24)11-30-20)19-6-5-16(12-29-19)36(34,35)32-13(2)23(25,26)27/h4-8,10-13,32H,3H2,1-2H3. The molecule has 0 saturated heterocycles. The van der Waals surface area contributed by atoms with Crippen molar-refractivity contribution in [3.8, 4) is 23.3 Å². The van der Waals surface area contributed by atoms with Crippen molar-refractivity contribution in [1.82, 2.24) is 24.2 Å². The van der Waals surface area contributed by atoms with Crippen LogP contribution < -0.4 is 4.72 Å². The first kappa shape index (κ1) is 25.2. The molecular weight excluding hydrogens is 500 g/mol. The number of hydrogen-bond donors (Lipinski definition) is 1. The van der Waals surface area contributed by atoms with Gasteiger partial charge < -0.3 is 0 Å². The van der Waals surface area contributed by atoms with Gasteiger partial charge in [0.1, 0.15) is 34.3 Å². The third-order valence-electron chi connectivity index (χ3n) is 5.44. The number of sulfonamides is 1. The summed E-state index contributed by atoms with van der Waals surface area (Å²) in [5.41, 5.74) is 1.72. The second-order valence-corrected chi connectivity index (χ2v) is 9.55. The molecule has 4 heterocycles. The summed E-state index contributed by atoms with van der Waals surface area (Å²) in [6.07, 6.45) is -0.600. The van der Waals surface area contributed by atoms with E-state index in [0.717, 1.165) is 24.0 Å². The molecule has 0 bridgehead atoms. The Labute approximate surface area is 203 Å². The fraction of sp³-hybridized carbons (Fsp3) is 0.217. The minimum absolute atomic E-state index is 0.136. The molecule has 0 aliphatic heterocycles. The summed E-state index contributed by atoms with van der Waals surface area (Å²) in [4.78, 5) is 12.2. The van der Waals surface area contributed by atoms with Crippen molar-refractivity contribution in [2.24, 2.45) is 0 Å². The predicted molar refractivity (Wildman–Crippen MR) is 122 cm³/mol. The van der Waals surface area contributed by atoms with Crippen LogP contribution in [0, 0.1) is 17.1 Å². The Bertz CT molecular complexity index is 1570. The van der Waals surface area contributed by atoms with Gasteiger partial charge in [0.05, 0.1) is 23.1 Å². The molecule has 0 saturated carbocycles. The molecule has 0 amide bonds. The van der Waals surface area contributed by atoms with E-state index in [1.807, 2.05) is 6.92 Å². The Morgan fingerprint density at radius 2 is 1.86 bits per heavy atom. The lowest BCUT2D eigenvalue weighted by Gasteiger charge is -2.17. The molecule has 1 unspecified atom stereocenters. The Kier molecular flexibility index (Phi) is 6.50. The van der Waals surface area contributed by atoms with Crippen molar-refractivity contribution < 1.29 is 26.0 Å². The smallest absolute Gasteiger partial charge is 0.275 e. The molecule has 0 spiro atoms. The van der Waals surface area contributed by atoms with Crippen LogP contribution in [0.4, 0.5) is 17.6 Å². The van der Waals surface area contributed by atoms with Crippen LogP contribution >= 0.6 is 0 Å². The number of nitrogens with zero attached hydrogens (tertiary/aromatic N) is 5. The molecule has 0 fully saturated rings. The zero-order valence-electron chi connectivity index (χ0n) is 18.9. The average molecular weight is 518 g/mol. The van der Waals surface area contributed by atoms with Crippen molar-refractivity contribution in [1.29, 1.82) is 5.26 Å². The van der Waals surface area contributed by atoms with Crippen molar-refractivity contribution in [2.75, 3.05) is 0 Å². The predicted octanol–water partition coefficient (Wildman–Crippen LogP) is 4.28. The van der Waals surface area contributed by atoms with E-state index in [2.05, 4.69) is 21.0 Å². The fourth-order valence-corrected chi connectivity index (χ4v) is 4.70. The van der Waals surface area contributed by atoms with Gasteiger partial charge >= 0.3 is 6.18 Å². The zero-order chi connectivity index (χ0) is 26.3. The molecule has 1 atom stereocenters. The van der Waals surface area contributed by atoms with Crippen LogP contribution in [0.5, 0.6) is 0 Å². The Morgan fingerprint density at radius 1 is 1.11 bits per heavy atom. The highest BCUT2D eigenvalue weighted by Gasteiger charge is 2.39. The fourth-order valence-electron chi connectivity index (χ4n) is 3.53. The maximum Gasteiger partial charge on any atom is 0.404 e. The van der Waals surface area contributed by atoms with Gasteiger partial charge in [-0.05, 0) is 49.2 Å². The normalized spacial score (nSPS) is 13.0. The number of halogens is 4. The number of fused-ring (bicyclic) bond motifs is 1. The van der Waals surface area contributed by atoms with Gasteiger partial charge in [0.2, 0.25) is 10.0 Å². The number of aromatic nitrogens is 4. The van der Waals surface area contributed by atoms with E-state index in [1.165, 1.54) is 22.8 Å². The maximum atomic E-state index is 13.5. The number of pyridine rings is 3. The highest BCUT2D eigenvalue weighted by molar-refractivity contribution is 7.89. The first-order chi connectivity index (χ1) is 17.0. The summed E-state index contributed by atoms with van der Waals surface area (Å²) in [5.74, 6) is -0.347. The topological polar surface area (TPSA) is 114 Å². The number of aryl methyl sites for hydroxylation is 1. The molecule has 0 radical (unpaired) electrons. The summed E-state index contributed by atoms with van der Waals surface area (Å²) in [6.45, 7) is 2.60. The molecule has 4 rings (SSSR count). The number of rotatable bonds is 6. The van der Waals surface area contributed by atoms with Crippen LogP contribution in [0.3, 0.4) is 0 Å². The lowest BCUT2D eigenvalue weighted by molar-refractivity contribution is -0.147. The second kappa shape index (κ2) is 9.29. The van der Waals surface area contributed by atoms with Crippen LogP contribution in [0.1, 0.15) is 25.0 Å². The van der Waals surface area contributed by atoms with Crippen LogP contribution in [0.2, 0.25) is 0 Å². The van der Waals surface area contributed by atoms with Crippen LogP contribution in [0.15, 0.2) is 53.8 Å². The molecule has 8 nitrogen and oxygen atoms in total. The van der Waals surface area contributed by atoms with E-state index in [1.54, 1.807) is 17.0 Å². The minimum Gasteiger partial charge on any atom is -0.275 e. The maximum absolute atomic E-state index is 13.5. The monoisotopic (exact) mass is 518 g/mol. The molecule has 36 heavy (non-hydrogen) atoms.